The number of methoxy groups -OCH3 is 1. The van der Waals surface area contributed by atoms with Crippen LogP contribution >= 0.6 is 11.3 Å². The number of benzene rings is 3. The van der Waals surface area contributed by atoms with E-state index in [1.165, 1.54) is 21.6 Å². The summed E-state index contributed by atoms with van der Waals surface area (Å²) in [6.07, 6.45) is 9.86. The molecule has 6 aromatic rings. The number of aliphatic hydroxyl groups is 1. The third-order valence-corrected chi connectivity index (χ3v) is 17.1. The lowest BCUT2D eigenvalue weighted by atomic mass is 9.89. The van der Waals surface area contributed by atoms with Crippen LogP contribution in [-0.4, -0.2) is 120 Å². The summed E-state index contributed by atoms with van der Waals surface area (Å²) in [5, 5.41) is 26.5. The fourth-order valence-electron chi connectivity index (χ4n) is 11.6. The van der Waals surface area contributed by atoms with Crippen LogP contribution in [0.25, 0.3) is 11.1 Å². The number of carbonyl (C=O) groups excluding carboxylic acids is 6. The number of rotatable bonds is 26. The topological polar surface area (TPSA) is 234 Å². The second-order valence-corrected chi connectivity index (χ2v) is 24.3. The number of aliphatic hydroxyl groups excluding tert-OH is 1. The maximum atomic E-state index is 13.8. The number of aryl methyl sites for hydroxylation is 2. The quantitative estimate of drug-likeness (QED) is 0.0131. The van der Waals surface area contributed by atoms with Crippen molar-refractivity contribution in [3.63, 3.8) is 0 Å². The van der Waals surface area contributed by atoms with Crippen LogP contribution in [-0.2, 0) is 53.1 Å². The lowest BCUT2D eigenvalue weighted by molar-refractivity contribution is -0.609. The third kappa shape index (κ3) is 14.6. The summed E-state index contributed by atoms with van der Waals surface area (Å²) in [6.45, 7) is 16.4. The Morgan fingerprint density at radius 2 is 1.63 bits per heavy atom. The number of likely N-dealkylation sites (tertiary alicyclic amines) is 1. The van der Waals surface area contributed by atoms with Gasteiger partial charge in [-0.15, -0.1) is 27.7 Å². The van der Waals surface area contributed by atoms with Crippen LogP contribution in [0.2, 0.25) is 0 Å². The zero-order valence-corrected chi connectivity index (χ0v) is 50.9. The maximum Gasteiger partial charge on any atom is 0.313 e. The molecule has 21 heteroatoms. The van der Waals surface area contributed by atoms with Gasteiger partial charge in [0.1, 0.15) is 17.8 Å². The van der Waals surface area contributed by atoms with Crippen LogP contribution in [0, 0.1) is 44.4 Å². The fourth-order valence-corrected chi connectivity index (χ4v) is 12.8. The van der Waals surface area contributed by atoms with Crippen molar-refractivity contribution >= 4 is 58.7 Å². The van der Waals surface area contributed by atoms with Gasteiger partial charge in [0.2, 0.25) is 29.5 Å². The molecule has 3 aromatic carbocycles. The number of unbranched alkanes of at least 4 members (excludes halogenated alkanes) is 2. The van der Waals surface area contributed by atoms with Gasteiger partial charge in [0, 0.05) is 54.9 Å². The lowest BCUT2D eigenvalue weighted by Crippen LogP contribution is -2.38. The molecule has 86 heavy (non-hydrogen) atoms. The van der Waals surface area contributed by atoms with Gasteiger partial charge in [0.25, 0.3) is 0 Å². The van der Waals surface area contributed by atoms with Crippen LogP contribution in [0.15, 0.2) is 109 Å². The summed E-state index contributed by atoms with van der Waals surface area (Å²) in [5.41, 5.74) is 5.42. The Labute approximate surface area is 505 Å². The summed E-state index contributed by atoms with van der Waals surface area (Å²) in [4.78, 5) is 90.1. The Bertz CT molecular complexity index is 3530. The zero-order chi connectivity index (χ0) is 61.2. The number of fused-ring (bicyclic) bond motifs is 4. The van der Waals surface area contributed by atoms with Gasteiger partial charge in [-0.2, -0.15) is 4.57 Å². The van der Waals surface area contributed by atoms with Gasteiger partial charge in [-0.25, -0.2) is 0 Å². The van der Waals surface area contributed by atoms with E-state index >= 15 is 0 Å². The molecule has 1 saturated heterocycles. The number of allylic oxidation sites excluding steroid dienone is 2. The van der Waals surface area contributed by atoms with Gasteiger partial charge >= 0.3 is 17.8 Å². The molecule has 20 nitrogen and oxygen atoms in total. The standard InChI is InChI=1S/C65H76N10O10S/c1-9-46-36-48(26-24-44-19-13-10-14-20-44)59-58(46)62(81)73(63(59)82)31-18-12-17-23-54(78)71(32-28-53(77)66-30-34-76)39-49-40-72(70-68-49)33-29-55(79)84-51-27-25-45(35-52(51)83-8)38-74-43(4)75-61(69-74)50(37-56(80)85-65(5,6)7)67-60(47-21-15-11-16-22-47)57-41(2)42(3)86-64(57)75/h9-11,13-16,19-22,24-27,35,40,46,48,50,58-59,76H,1,12,17-18,23,28-34,36-39H2,2-8H3/p+1/b26-24+/t46?,48?,50-,58+,59-/m0/s1. The van der Waals surface area contributed by atoms with E-state index in [-0.39, 0.29) is 112 Å². The molecule has 2 fully saturated rings. The van der Waals surface area contributed by atoms with E-state index in [0.29, 0.717) is 49.5 Å². The minimum absolute atomic E-state index is 0.00579. The monoisotopic (exact) mass is 1190 g/mol. The Balaban J connectivity index is 0.803. The first-order valence-electron chi connectivity index (χ1n) is 29.4. The number of imide groups is 1. The Morgan fingerprint density at radius 1 is 0.895 bits per heavy atom. The second kappa shape index (κ2) is 27.7. The number of carbonyl (C=O) groups is 6. The number of thiophene rings is 1. The van der Waals surface area contributed by atoms with E-state index in [4.69, 9.17) is 24.3 Å². The molecule has 5 atom stereocenters. The minimum atomic E-state index is -0.690. The number of nitrogens with zero attached hydrogens (tertiary/aromatic N) is 9. The van der Waals surface area contributed by atoms with E-state index in [1.807, 2.05) is 105 Å². The highest BCUT2D eigenvalue weighted by atomic mass is 32.1. The summed E-state index contributed by atoms with van der Waals surface area (Å²) in [7, 11) is 1.50. The van der Waals surface area contributed by atoms with Gasteiger partial charge in [0.05, 0.1) is 69.0 Å². The molecule has 0 spiro atoms. The number of aliphatic imine (C=N–C) groups is 1. The first-order valence-corrected chi connectivity index (χ1v) is 30.2. The van der Waals surface area contributed by atoms with Gasteiger partial charge in [-0.1, -0.05) is 96.6 Å². The number of nitrogens with one attached hydrogen (secondary N) is 1. The molecule has 2 N–H and O–H groups in total. The van der Waals surface area contributed by atoms with E-state index < -0.39 is 29.4 Å². The molecule has 1 saturated carbocycles. The largest absolute Gasteiger partial charge is 0.493 e. The van der Waals surface area contributed by atoms with Crippen LogP contribution in [0.3, 0.4) is 0 Å². The van der Waals surface area contributed by atoms with Crippen molar-refractivity contribution in [2.45, 2.75) is 124 Å². The number of hydrogen-bond acceptors (Lipinski definition) is 15. The molecule has 1 aliphatic carbocycles. The van der Waals surface area contributed by atoms with Crippen molar-refractivity contribution in [1.82, 2.24) is 39.9 Å². The van der Waals surface area contributed by atoms with Gasteiger partial charge in [0.15, 0.2) is 22.5 Å². The summed E-state index contributed by atoms with van der Waals surface area (Å²) in [5.74, 6) is -0.814. The molecule has 4 amide bonds. The second-order valence-electron chi connectivity index (χ2n) is 23.1. The van der Waals surface area contributed by atoms with Crippen LogP contribution in [0.1, 0.15) is 128 Å². The molecule has 452 valence electrons. The lowest BCUT2D eigenvalue weighted by Gasteiger charge is -2.22. The highest BCUT2D eigenvalue weighted by Crippen LogP contribution is 2.49. The van der Waals surface area contributed by atoms with Crippen LogP contribution in [0.4, 0.5) is 0 Å². The summed E-state index contributed by atoms with van der Waals surface area (Å²) in [6, 6.07) is 24.5. The first-order chi connectivity index (χ1) is 41.3. The molecule has 9 rings (SSSR count). The Kier molecular flexibility index (Phi) is 20.0. The number of hydrogen-bond donors (Lipinski definition) is 2. The van der Waals surface area contributed by atoms with Gasteiger partial charge in [-0.05, 0) is 94.5 Å². The number of aromatic nitrogens is 6. The molecule has 0 radical (unpaired) electrons. The van der Waals surface area contributed by atoms with Crippen molar-refractivity contribution in [2.75, 3.05) is 33.4 Å². The molecular formula is C65H77N10O10S+. The van der Waals surface area contributed by atoms with E-state index in [0.717, 1.165) is 49.2 Å². The van der Waals surface area contributed by atoms with Gasteiger partial charge < -0.3 is 29.5 Å². The predicted octanol–water partition coefficient (Wildman–Crippen LogP) is 7.94. The molecule has 3 aromatic heterocycles. The molecule has 5 heterocycles. The highest BCUT2D eigenvalue weighted by Gasteiger charge is 2.57. The van der Waals surface area contributed by atoms with E-state index in [2.05, 4.69) is 46.7 Å². The van der Waals surface area contributed by atoms with E-state index in [9.17, 15) is 33.9 Å². The first kappa shape index (κ1) is 62.1. The predicted molar refractivity (Wildman–Crippen MR) is 323 cm³/mol. The van der Waals surface area contributed by atoms with E-state index in [1.54, 1.807) is 35.7 Å². The Morgan fingerprint density at radius 3 is 2.34 bits per heavy atom. The summed E-state index contributed by atoms with van der Waals surface area (Å²) < 4.78 is 22.9. The number of ether oxygens (including phenoxy) is 3. The third-order valence-electron chi connectivity index (χ3n) is 15.9. The SMILES string of the molecule is C=CC1CC(/C=C/c2ccccc2)[C@@H]2C(=O)N(CCCCCC(=O)N(CCC(=O)NCCO)Cc3cn(CCC(=O)Oc4ccc(Cn5nc6[n+](c5C)-c5sc(C)c(C)c5C(c5ccccc5)=N[C@H]6CC(=O)OC(C)(C)C)cc4OC)nn3)C(=O)[C@H]12. The summed E-state index contributed by atoms with van der Waals surface area (Å²) >= 11 is 1.65. The molecule has 2 aliphatic heterocycles. The van der Waals surface area contributed by atoms with Crippen LogP contribution < -0.4 is 19.4 Å². The maximum absolute atomic E-state index is 13.8. The highest BCUT2D eigenvalue weighted by molar-refractivity contribution is 7.14. The number of amides is 4. The molecule has 0 bridgehead atoms. The fraction of sp³-hybridized carbons (Fsp3) is 0.431. The molecule has 2 unspecified atom stereocenters. The molecule has 3 aliphatic rings. The van der Waals surface area contributed by atoms with Crippen molar-refractivity contribution in [1.29, 1.82) is 0 Å². The van der Waals surface area contributed by atoms with Crippen molar-refractivity contribution in [3.05, 3.63) is 154 Å². The number of esters is 2. The Hall–Kier alpha value is -8.43. The minimum Gasteiger partial charge on any atom is -0.493 e. The molecular weight excluding hydrogens is 1110 g/mol. The van der Waals surface area contributed by atoms with Crippen LogP contribution in [0.5, 0.6) is 11.5 Å². The van der Waals surface area contributed by atoms with Crippen molar-refractivity contribution < 1.29 is 52.7 Å². The van der Waals surface area contributed by atoms with Gasteiger partial charge in [-0.3, -0.25) is 43.3 Å². The smallest absolute Gasteiger partial charge is 0.313 e. The zero-order valence-electron chi connectivity index (χ0n) is 50.1. The van der Waals surface area contributed by atoms with Crippen molar-refractivity contribution in [3.8, 4) is 16.5 Å². The normalized spacial score (nSPS) is 18.1. The average Bonchev–Trinajstić information content (AvgIpc) is 1.71. The van der Waals surface area contributed by atoms with Crippen molar-refractivity contribution in [2.24, 2.45) is 28.7 Å². The average molecular weight is 1190 g/mol.